The van der Waals surface area contributed by atoms with Crippen LogP contribution in [0.15, 0.2) is 194 Å². The summed E-state index contributed by atoms with van der Waals surface area (Å²) in [6.45, 7) is 4.59. The standard InChI is InChI=1S/C45H38N2/c1-45(2,37-18-8-3-9-19-37)38-30-28-35(29-31-38)36-32-43(46(39-20-10-4-11-21-39)40-22-12-5-13-23-40)34-44(33-36)47(41-24-14-6-15-25-41)42-26-16-7-17-27-42/h3-34H,1-2H3. The van der Waals surface area contributed by atoms with E-state index in [2.05, 4.69) is 218 Å². The largest absolute Gasteiger partial charge is 0.310 e. The molecule has 0 N–H and O–H groups in total. The van der Waals surface area contributed by atoms with Crippen LogP contribution in [0.2, 0.25) is 0 Å². The Balaban J connectivity index is 1.42. The average molecular weight is 607 g/mol. The summed E-state index contributed by atoms with van der Waals surface area (Å²) in [5.41, 5.74) is 11.4. The highest BCUT2D eigenvalue weighted by molar-refractivity contribution is 5.87. The molecule has 0 aliphatic carbocycles. The quantitative estimate of drug-likeness (QED) is 0.161. The summed E-state index contributed by atoms with van der Waals surface area (Å²) in [6.07, 6.45) is 0. The molecular weight excluding hydrogens is 569 g/mol. The minimum absolute atomic E-state index is 0.109. The normalized spacial score (nSPS) is 11.2. The second-order valence-corrected chi connectivity index (χ2v) is 12.3. The Morgan fingerprint density at radius 1 is 0.298 bits per heavy atom. The van der Waals surface area contributed by atoms with Gasteiger partial charge in [0.1, 0.15) is 0 Å². The van der Waals surface area contributed by atoms with Crippen LogP contribution in [0.3, 0.4) is 0 Å². The fourth-order valence-electron chi connectivity index (χ4n) is 6.32. The van der Waals surface area contributed by atoms with Gasteiger partial charge in [-0.1, -0.05) is 141 Å². The van der Waals surface area contributed by atoms with Crippen molar-refractivity contribution in [1.29, 1.82) is 0 Å². The van der Waals surface area contributed by atoms with Gasteiger partial charge in [-0.3, -0.25) is 0 Å². The van der Waals surface area contributed by atoms with Crippen molar-refractivity contribution in [3.05, 3.63) is 205 Å². The zero-order chi connectivity index (χ0) is 32.1. The van der Waals surface area contributed by atoms with E-state index >= 15 is 0 Å². The van der Waals surface area contributed by atoms with Crippen LogP contribution in [-0.2, 0) is 5.41 Å². The number of para-hydroxylation sites is 4. The molecule has 0 bridgehead atoms. The van der Waals surface area contributed by atoms with Gasteiger partial charge in [-0.25, -0.2) is 0 Å². The van der Waals surface area contributed by atoms with E-state index in [0.29, 0.717) is 0 Å². The fraction of sp³-hybridized carbons (Fsp3) is 0.0667. The first-order valence-electron chi connectivity index (χ1n) is 16.2. The minimum Gasteiger partial charge on any atom is -0.310 e. The van der Waals surface area contributed by atoms with Gasteiger partial charge >= 0.3 is 0 Å². The van der Waals surface area contributed by atoms with Crippen molar-refractivity contribution in [1.82, 2.24) is 0 Å². The molecule has 7 rings (SSSR count). The maximum absolute atomic E-state index is 2.34. The molecule has 0 aliphatic heterocycles. The van der Waals surface area contributed by atoms with Crippen molar-refractivity contribution in [2.24, 2.45) is 0 Å². The van der Waals surface area contributed by atoms with E-state index in [4.69, 9.17) is 0 Å². The number of anilines is 6. The van der Waals surface area contributed by atoms with E-state index < -0.39 is 0 Å². The third kappa shape index (κ3) is 6.32. The highest BCUT2D eigenvalue weighted by Crippen LogP contribution is 2.43. The Morgan fingerprint density at radius 3 is 0.979 bits per heavy atom. The average Bonchev–Trinajstić information content (AvgIpc) is 3.14. The van der Waals surface area contributed by atoms with Crippen LogP contribution in [0.5, 0.6) is 0 Å². The number of hydrogen-bond acceptors (Lipinski definition) is 2. The molecule has 0 aromatic heterocycles. The molecule has 7 aromatic carbocycles. The molecular formula is C45H38N2. The number of rotatable bonds is 9. The predicted molar refractivity (Wildman–Crippen MR) is 200 cm³/mol. The Hall–Kier alpha value is -5.86. The number of hydrogen-bond donors (Lipinski definition) is 0. The monoisotopic (exact) mass is 606 g/mol. The highest BCUT2D eigenvalue weighted by atomic mass is 15.2. The molecule has 0 unspecified atom stereocenters. The van der Waals surface area contributed by atoms with Gasteiger partial charge in [0, 0.05) is 39.5 Å². The second-order valence-electron chi connectivity index (χ2n) is 12.3. The summed E-state index contributed by atoms with van der Waals surface area (Å²) in [5.74, 6) is 0. The van der Waals surface area contributed by atoms with Crippen molar-refractivity contribution in [2.45, 2.75) is 19.3 Å². The van der Waals surface area contributed by atoms with Crippen molar-refractivity contribution in [3.8, 4) is 11.1 Å². The highest BCUT2D eigenvalue weighted by Gasteiger charge is 2.23. The van der Waals surface area contributed by atoms with Crippen molar-refractivity contribution in [2.75, 3.05) is 9.80 Å². The lowest BCUT2D eigenvalue weighted by Crippen LogP contribution is -2.18. The van der Waals surface area contributed by atoms with Crippen LogP contribution >= 0.6 is 0 Å². The third-order valence-corrected chi connectivity index (χ3v) is 8.91. The summed E-state index contributed by atoms with van der Waals surface area (Å²) >= 11 is 0. The van der Waals surface area contributed by atoms with Crippen LogP contribution in [0.4, 0.5) is 34.1 Å². The lowest BCUT2D eigenvalue weighted by atomic mass is 9.78. The Kier molecular flexibility index (Phi) is 8.41. The van der Waals surface area contributed by atoms with Gasteiger partial charge in [-0.15, -0.1) is 0 Å². The number of benzene rings is 7. The van der Waals surface area contributed by atoms with Gasteiger partial charge in [0.05, 0.1) is 0 Å². The van der Waals surface area contributed by atoms with Crippen LogP contribution in [-0.4, -0.2) is 0 Å². The zero-order valence-corrected chi connectivity index (χ0v) is 26.9. The third-order valence-electron chi connectivity index (χ3n) is 8.91. The van der Waals surface area contributed by atoms with Crippen LogP contribution in [0.1, 0.15) is 25.0 Å². The second kappa shape index (κ2) is 13.2. The van der Waals surface area contributed by atoms with Crippen LogP contribution < -0.4 is 9.80 Å². The molecule has 0 radical (unpaired) electrons. The molecule has 0 fully saturated rings. The summed E-state index contributed by atoms with van der Waals surface area (Å²) in [6, 6.07) is 69.3. The Labute approximate surface area is 278 Å². The van der Waals surface area contributed by atoms with Gasteiger partial charge in [-0.05, 0) is 89.0 Å². The zero-order valence-electron chi connectivity index (χ0n) is 26.9. The Morgan fingerprint density at radius 2 is 0.617 bits per heavy atom. The summed E-state index contributed by atoms with van der Waals surface area (Å²) in [4.78, 5) is 4.68. The minimum atomic E-state index is -0.109. The molecule has 0 spiro atoms. The van der Waals surface area contributed by atoms with E-state index in [1.165, 1.54) is 16.7 Å². The molecule has 228 valence electrons. The topological polar surface area (TPSA) is 6.48 Å². The van der Waals surface area contributed by atoms with Crippen LogP contribution in [0, 0.1) is 0 Å². The lowest BCUT2D eigenvalue weighted by Gasteiger charge is -2.30. The molecule has 47 heavy (non-hydrogen) atoms. The molecule has 2 nitrogen and oxygen atoms in total. The lowest BCUT2D eigenvalue weighted by molar-refractivity contribution is 0.641. The van der Waals surface area contributed by atoms with E-state index in [1.54, 1.807) is 0 Å². The summed E-state index contributed by atoms with van der Waals surface area (Å²) in [7, 11) is 0. The predicted octanol–water partition coefficient (Wildman–Crippen LogP) is 12.6. The summed E-state index contributed by atoms with van der Waals surface area (Å²) in [5, 5.41) is 0. The maximum Gasteiger partial charge on any atom is 0.0488 e. The Bertz CT molecular complexity index is 1840. The molecule has 0 amide bonds. The molecule has 2 heteroatoms. The first kappa shape index (κ1) is 29.8. The van der Waals surface area contributed by atoms with E-state index in [-0.39, 0.29) is 5.41 Å². The molecule has 0 atom stereocenters. The van der Waals surface area contributed by atoms with Crippen molar-refractivity contribution in [3.63, 3.8) is 0 Å². The van der Waals surface area contributed by atoms with Crippen molar-refractivity contribution < 1.29 is 0 Å². The van der Waals surface area contributed by atoms with Gasteiger partial charge < -0.3 is 9.80 Å². The van der Waals surface area contributed by atoms with Gasteiger partial charge in [0.25, 0.3) is 0 Å². The first-order chi connectivity index (χ1) is 23.1. The van der Waals surface area contributed by atoms with E-state index in [1.807, 2.05) is 0 Å². The van der Waals surface area contributed by atoms with Gasteiger partial charge in [0.15, 0.2) is 0 Å². The SMILES string of the molecule is CC(C)(c1ccccc1)c1ccc(-c2cc(N(c3ccccc3)c3ccccc3)cc(N(c3ccccc3)c3ccccc3)c2)cc1. The smallest absolute Gasteiger partial charge is 0.0488 e. The summed E-state index contributed by atoms with van der Waals surface area (Å²) < 4.78 is 0. The van der Waals surface area contributed by atoms with Crippen LogP contribution in [0.25, 0.3) is 11.1 Å². The maximum atomic E-state index is 2.34. The fourth-order valence-corrected chi connectivity index (χ4v) is 6.32. The van der Waals surface area contributed by atoms with E-state index in [9.17, 15) is 0 Å². The van der Waals surface area contributed by atoms with E-state index in [0.717, 1.165) is 39.7 Å². The molecule has 7 aromatic rings. The van der Waals surface area contributed by atoms with Crippen molar-refractivity contribution >= 4 is 34.1 Å². The molecule has 0 heterocycles. The molecule has 0 saturated heterocycles. The molecule has 0 saturated carbocycles. The molecule has 0 aliphatic rings. The van der Waals surface area contributed by atoms with Gasteiger partial charge in [-0.2, -0.15) is 0 Å². The number of nitrogens with zero attached hydrogens (tertiary/aromatic N) is 2. The first-order valence-corrected chi connectivity index (χ1v) is 16.2. The van der Waals surface area contributed by atoms with Gasteiger partial charge in [0.2, 0.25) is 0 Å².